The second-order valence-corrected chi connectivity index (χ2v) is 5.06. The number of carbonyl (C=O) groups excluding carboxylic acids is 1. The van der Waals surface area contributed by atoms with Crippen molar-refractivity contribution in [2.24, 2.45) is 5.92 Å². The highest BCUT2D eigenvalue weighted by Crippen LogP contribution is 2.26. The third-order valence-electron chi connectivity index (χ3n) is 3.39. The van der Waals surface area contributed by atoms with Gasteiger partial charge in [-0.3, -0.25) is 4.79 Å². The standard InChI is InChI=1S/C13H16ClNO2/c1-8-3-2-4-11(8)15-13(17)9-5-6-12(16)10(14)7-9/h5-8,11,16H,2-4H2,1H3,(H,15,17). The Balaban J connectivity index is 2.06. The zero-order valence-electron chi connectivity index (χ0n) is 9.74. The summed E-state index contributed by atoms with van der Waals surface area (Å²) in [7, 11) is 0. The minimum absolute atomic E-state index is 0.00236. The summed E-state index contributed by atoms with van der Waals surface area (Å²) >= 11 is 5.77. The zero-order chi connectivity index (χ0) is 12.4. The molecule has 2 N–H and O–H groups in total. The van der Waals surface area contributed by atoms with Crippen molar-refractivity contribution in [2.75, 3.05) is 0 Å². The molecule has 0 heterocycles. The van der Waals surface area contributed by atoms with Crippen LogP contribution in [0.3, 0.4) is 0 Å². The fraction of sp³-hybridized carbons (Fsp3) is 0.462. The topological polar surface area (TPSA) is 49.3 Å². The number of amides is 1. The lowest BCUT2D eigenvalue weighted by atomic mass is 10.1. The van der Waals surface area contributed by atoms with Crippen molar-refractivity contribution in [3.05, 3.63) is 28.8 Å². The number of aromatic hydroxyl groups is 1. The normalized spacial score (nSPS) is 23.6. The lowest BCUT2D eigenvalue weighted by Crippen LogP contribution is -2.36. The molecule has 3 nitrogen and oxygen atoms in total. The van der Waals surface area contributed by atoms with E-state index in [2.05, 4.69) is 12.2 Å². The highest BCUT2D eigenvalue weighted by molar-refractivity contribution is 6.32. The molecule has 2 atom stereocenters. The van der Waals surface area contributed by atoms with E-state index < -0.39 is 0 Å². The molecule has 4 heteroatoms. The van der Waals surface area contributed by atoms with Crippen molar-refractivity contribution < 1.29 is 9.90 Å². The number of phenolic OH excluding ortho intramolecular Hbond substituents is 1. The predicted octanol–water partition coefficient (Wildman–Crippen LogP) is 2.96. The second kappa shape index (κ2) is 4.96. The van der Waals surface area contributed by atoms with Crippen molar-refractivity contribution >= 4 is 17.5 Å². The predicted molar refractivity (Wildman–Crippen MR) is 67.4 cm³/mol. The third kappa shape index (κ3) is 2.72. The molecule has 1 amide bonds. The Morgan fingerprint density at radius 1 is 1.47 bits per heavy atom. The Bertz CT molecular complexity index is 433. The van der Waals surface area contributed by atoms with Crippen LogP contribution in [0.25, 0.3) is 0 Å². The van der Waals surface area contributed by atoms with Gasteiger partial charge in [-0.1, -0.05) is 24.9 Å². The van der Waals surface area contributed by atoms with Crippen LogP contribution in [0.4, 0.5) is 0 Å². The minimum atomic E-state index is -0.120. The van der Waals surface area contributed by atoms with Crippen LogP contribution in [0.15, 0.2) is 18.2 Å². The van der Waals surface area contributed by atoms with Gasteiger partial charge in [0.2, 0.25) is 0 Å². The van der Waals surface area contributed by atoms with E-state index >= 15 is 0 Å². The van der Waals surface area contributed by atoms with Crippen LogP contribution >= 0.6 is 11.6 Å². The number of hydrogen-bond donors (Lipinski definition) is 2. The lowest BCUT2D eigenvalue weighted by Gasteiger charge is -2.17. The Labute approximate surface area is 106 Å². The molecular formula is C13H16ClNO2. The summed E-state index contributed by atoms with van der Waals surface area (Å²) in [4.78, 5) is 12.0. The first kappa shape index (κ1) is 12.2. The lowest BCUT2D eigenvalue weighted by molar-refractivity contribution is 0.0929. The highest BCUT2D eigenvalue weighted by Gasteiger charge is 2.25. The molecule has 0 saturated heterocycles. The van der Waals surface area contributed by atoms with Crippen LogP contribution in [-0.2, 0) is 0 Å². The average Bonchev–Trinajstić information content (AvgIpc) is 2.68. The van der Waals surface area contributed by atoms with Crippen molar-refractivity contribution in [1.82, 2.24) is 5.32 Å². The molecule has 2 rings (SSSR count). The third-order valence-corrected chi connectivity index (χ3v) is 3.69. The number of hydrogen-bond acceptors (Lipinski definition) is 2. The zero-order valence-corrected chi connectivity index (χ0v) is 10.5. The van der Waals surface area contributed by atoms with Gasteiger partial charge in [0.05, 0.1) is 5.02 Å². The molecule has 92 valence electrons. The van der Waals surface area contributed by atoms with E-state index in [0.29, 0.717) is 11.5 Å². The van der Waals surface area contributed by atoms with E-state index in [1.165, 1.54) is 25.0 Å². The van der Waals surface area contributed by atoms with E-state index in [9.17, 15) is 9.90 Å². The fourth-order valence-corrected chi connectivity index (χ4v) is 2.44. The Morgan fingerprint density at radius 3 is 2.82 bits per heavy atom. The van der Waals surface area contributed by atoms with Crippen LogP contribution < -0.4 is 5.32 Å². The van der Waals surface area contributed by atoms with Gasteiger partial charge in [0.15, 0.2) is 0 Å². The van der Waals surface area contributed by atoms with Crippen molar-refractivity contribution in [3.8, 4) is 5.75 Å². The largest absolute Gasteiger partial charge is 0.506 e. The number of rotatable bonds is 2. The number of halogens is 1. The first-order valence-electron chi connectivity index (χ1n) is 5.87. The van der Waals surface area contributed by atoms with Gasteiger partial charge in [-0.15, -0.1) is 0 Å². The maximum atomic E-state index is 12.0. The van der Waals surface area contributed by atoms with E-state index in [1.807, 2.05) is 0 Å². The van der Waals surface area contributed by atoms with E-state index in [1.54, 1.807) is 6.07 Å². The van der Waals surface area contributed by atoms with Crippen LogP contribution in [0.5, 0.6) is 5.75 Å². The number of benzene rings is 1. The van der Waals surface area contributed by atoms with Crippen LogP contribution in [-0.4, -0.2) is 17.1 Å². The molecule has 0 radical (unpaired) electrons. The summed E-state index contributed by atoms with van der Waals surface area (Å²) in [5.74, 6) is 0.412. The van der Waals surface area contributed by atoms with Crippen LogP contribution in [0, 0.1) is 5.92 Å². The number of phenols is 1. The quantitative estimate of drug-likeness (QED) is 0.851. The minimum Gasteiger partial charge on any atom is -0.506 e. The van der Waals surface area contributed by atoms with Crippen molar-refractivity contribution in [2.45, 2.75) is 32.2 Å². The summed E-state index contributed by atoms with van der Waals surface area (Å²) in [6, 6.07) is 4.77. The highest BCUT2D eigenvalue weighted by atomic mass is 35.5. The van der Waals surface area contributed by atoms with Gasteiger partial charge < -0.3 is 10.4 Å². The van der Waals surface area contributed by atoms with Gasteiger partial charge in [-0.25, -0.2) is 0 Å². The van der Waals surface area contributed by atoms with E-state index in [4.69, 9.17) is 11.6 Å². The molecule has 0 aliphatic heterocycles. The SMILES string of the molecule is CC1CCCC1NC(=O)c1ccc(O)c(Cl)c1. The molecular weight excluding hydrogens is 238 g/mol. The second-order valence-electron chi connectivity index (χ2n) is 4.65. The number of carbonyl (C=O) groups is 1. The smallest absolute Gasteiger partial charge is 0.251 e. The summed E-state index contributed by atoms with van der Waals surface area (Å²) in [5, 5.41) is 12.5. The van der Waals surface area contributed by atoms with Gasteiger partial charge in [0.1, 0.15) is 5.75 Å². The molecule has 1 aliphatic rings. The van der Waals surface area contributed by atoms with Gasteiger partial charge in [-0.2, -0.15) is 0 Å². The molecule has 1 aliphatic carbocycles. The molecule has 0 spiro atoms. The summed E-state index contributed by atoms with van der Waals surface area (Å²) in [5.41, 5.74) is 0.493. The molecule has 0 bridgehead atoms. The van der Waals surface area contributed by atoms with Gasteiger partial charge in [0.25, 0.3) is 5.91 Å². The van der Waals surface area contributed by atoms with E-state index in [-0.39, 0.29) is 22.7 Å². The first-order valence-corrected chi connectivity index (χ1v) is 6.25. The molecule has 1 fully saturated rings. The van der Waals surface area contributed by atoms with Crippen molar-refractivity contribution in [3.63, 3.8) is 0 Å². The molecule has 0 aromatic heterocycles. The fourth-order valence-electron chi connectivity index (χ4n) is 2.26. The average molecular weight is 254 g/mol. The van der Waals surface area contributed by atoms with Crippen LogP contribution in [0.1, 0.15) is 36.5 Å². The molecule has 1 saturated carbocycles. The molecule has 1 aromatic carbocycles. The first-order chi connectivity index (χ1) is 8.08. The molecule has 1 aromatic rings. The van der Waals surface area contributed by atoms with Gasteiger partial charge >= 0.3 is 0 Å². The maximum Gasteiger partial charge on any atom is 0.251 e. The van der Waals surface area contributed by atoms with Gasteiger partial charge in [-0.05, 0) is 37.0 Å². The molecule has 2 unspecified atom stereocenters. The summed E-state index contributed by atoms with van der Waals surface area (Å²) in [6.45, 7) is 2.15. The maximum absolute atomic E-state index is 12.0. The van der Waals surface area contributed by atoms with Gasteiger partial charge in [0, 0.05) is 11.6 Å². The summed E-state index contributed by atoms with van der Waals surface area (Å²) in [6.07, 6.45) is 3.38. The Kier molecular flexibility index (Phi) is 3.57. The summed E-state index contributed by atoms with van der Waals surface area (Å²) < 4.78 is 0. The van der Waals surface area contributed by atoms with Crippen LogP contribution in [0.2, 0.25) is 5.02 Å². The number of nitrogens with one attached hydrogen (secondary N) is 1. The Hall–Kier alpha value is -1.22. The molecule has 17 heavy (non-hydrogen) atoms. The Morgan fingerprint density at radius 2 is 2.24 bits per heavy atom. The monoisotopic (exact) mass is 253 g/mol. The van der Waals surface area contributed by atoms with E-state index in [0.717, 1.165) is 6.42 Å². The van der Waals surface area contributed by atoms with Crippen molar-refractivity contribution in [1.29, 1.82) is 0 Å².